The maximum Gasteiger partial charge on any atom is 0.316 e. The molecule has 0 aromatic heterocycles. The van der Waals surface area contributed by atoms with Gasteiger partial charge in [-0.15, -0.1) is 0 Å². The van der Waals surface area contributed by atoms with E-state index in [1.54, 1.807) is 56.6 Å². The lowest BCUT2D eigenvalue weighted by molar-refractivity contribution is 0.0828. The Kier molecular flexibility index (Phi) is 5.16. The van der Waals surface area contributed by atoms with Crippen molar-refractivity contribution in [3.63, 3.8) is 0 Å². The molecule has 2 aromatic rings. The number of anilines is 2. The minimum absolute atomic E-state index is 0.213. The second kappa shape index (κ2) is 7.28. The third-order valence-corrected chi connectivity index (χ3v) is 3.20. The van der Waals surface area contributed by atoms with Crippen molar-refractivity contribution < 1.29 is 14.4 Å². The maximum absolute atomic E-state index is 12.4. The van der Waals surface area contributed by atoms with Crippen LogP contribution in [-0.2, 0) is 0 Å². The van der Waals surface area contributed by atoms with Crippen LogP contribution in [0.3, 0.4) is 0 Å². The van der Waals surface area contributed by atoms with E-state index in [4.69, 9.17) is 5.73 Å². The summed E-state index contributed by atoms with van der Waals surface area (Å²) in [6, 6.07) is 12.4. The van der Waals surface area contributed by atoms with E-state index in [0.717, 1.165) is 0 Å². The number of urea groups is 1. The summed E-state index contributed by atoms with van der Waals surface area (Å²) in [5, 5.41) is 5.12. The first-order chi connectivity index (χ1) is 11.4. The second-order valence-electron chi connectivity index (χ2n) is 5.27. The number of para-hydroxylation sites is 1. The van der Waals surface area contributed by atoms with Gasteiger partial charge in [0.15, 0.2) is 0 Å². The summed E-state index contributed by atoms with van der Waals surface area (Å²) < 4.78 is 0. The first-order valence-corrected chi connectivity index (χ1v) is 7.17. The Morgan fingerprint density at radius 3 is 2.33 bits per heavy atom. The van der Waals surface area contributed by atoms with Gasteiger partial charge in [-0.05, 0) is 30.3 Å². The lowest BCUT2D eigenvalue weighted by Gasteiger charge is -2.15. The average molecular weight is 326 g/mol. The van der Waals surface area contributed by atoms with Gasteiger partial charge in [0.25, 0.3) is 11.8 Å². The highest BCUT2D eigenvalue weighted by molar-refractivity contribution is 6.09. The fourth-order valence-electron chi connectivity index (χ4n) is 2.09. The van der Waals surface area contributed by atoms with E-state index in [-0.39, 0.29) is 5.91 Å². The van der Waals surface area contributed by atoms with Crippen LogP contribution in [0.1, 0.15) is 20.7 Å². The number of rotatable bonds is 4. The first kappa shape index (κ1) is 17.0. The van der Waals surface area contributed by atoms with Gasteiger partial charge < -0.3 is 21.3 Å². The van der Waals surface area contributed by atoms with E-state index in [0.29, 0.717) is 22.5 Å². The molecule has 0 fully saturated rings. The molecule has 4 amide bonds. The molecule has 0 atom stereocenters. The van der Waals surface area contributed by atoms with Gasteiger partial charge in [0.2, 0.25) is 0 Å². The molecular weight excluding hydrogens is 308 g/mol. The number of hydrogen-bond acceptors (Lipinski definition) is 3. The van der Waals surface area contributed by atoms with E-state index in [1.807, 2.05) is 0 Å². The van der Waals surface area contributed by atoms with Gasteiger partial charge in [-0.25, -0.2) is 4.79 Å². The third-order valence-electron chi connectivity index (χ3n) is 3.20. The lowest BCUT2D eigenvalue weighted by atomic mass is 10.1. The molecule has 0 aliphatic rings. The minimum atomic E-state index is -0.713. The molecule has 0 heterocycles. The number of nitrogens with zero attached hydrogens (tertiary/aromatic N) is 1. The molecule has 2 rings (SSSR count). The number of carbonyl (C=O) groups is 3. The van der Waals surface area contributed by atoms with E-state index in [2.05, 4.69) is 10.6 Å². The maximum atomic E-state index is 12.4. The molecule has 0 saturated carbocycles. The zero-order valence-corrected chi connectivity index (χ0v) is 13.4. The number of benzene rings is 2. The van der Waals surface area contributed by atoms with Crippen molar-refractivity contribution in [1.82, 2.24) is 4.90 Å². The predicted molar refractivity (Wildman–Crippen MR) is 92.1 cm³/mol. The normalized spacial score (nSPS) is 9.92. The molecule has 4 N–H and O–H groups in total. The van der Waals surface area contributed by atoms with Crippen LogP contribution < -0.4 is 16.4 Å². The van der Waals surface area contributed by atoms with Crippen molar-refractivity contribution in [3.8, 4) is 0 Å². The van der Waals surface area contributed by atoms with E-state index in [9.17, 15) is 14.4 Å². The number of primary amides is 1. The molecule has 0 aliphatic heterocycles. The smallest absolute Gasteiger partial charge is 0.316 e. The van der Waals surface area contributed by atoms with Gasteiger partial charge in [0.05, 0.1) is 11.3 Å². The summed E-state index contributed by atoms with van der Waals surface area (Å²) in [7, 11) is 3.28. The molecule has 0 saturated heterocycles. The standard InChI is InChI=1S/C17H18N4O3/c1-21(2)16(23)13-8-3-4-9-14(13)20-15(22)11-6-5-7-12(10-11)19-17(18)24/h3-10H,1-2H3,(H,20,22)(H3,18,19,24). The molecule has 0 bridgehead atoms. The SMILES string of the molecule is CN(C)C(=O)c1ccccc1NC(=O)c1cccc(NC(N)=O)c1. The zero-order valence-electron chi connectivity index (χ0n) is 13.4. The molecule has 7 heteroatoms. The van der Waals surface area contributed by atoms with Gasteiger partial charge in [-0.1, -0.05) is 18.2 Å². The van der Waals surface area contributed by atoms with Gasteiger partial charge >= 0.3 is 6.03 Å². The molecule has 7 nitrogen and oxygen atoms in total. The van der Waals surface area contributed by atoms with E-state index >= 15 is 0 Å². The summed E-state index contributed by atoms with van der Waals surface area (Å²) in [4.78, 5) is 36.9. The van der Waals surface area contributed by atoms with Gasteiger partial charge in [-0.2, -0.15) is 0 Å². The number of amides is 4. The quantitative estimate of drug-likeness (QED) is 0.801. The van der Waals surface area contributed by atoms with Crippen LogP contribution in [0, 0.1) is 0 Å². The van der Waals surface area contributed by atoms with Gasteiger partial charge in [-0.3, -0.25) is 9.59 Å². The highest BCUT2D eigenvalue weighted by Crippen LogP contribution is 2.18. The molecule has 0 aliphatic carbocycles. The Morgan fingerprint density at radius 2 is 1.67 bits per heavy atom. The third kappa shape index (κ3) is 4.10. The molecule has 2 aromatic carbocycles. The van der Waals surface area contributed by atoms with Gasteiger partial charge in [0, 0.05) is 25.3 Å². The zero-order chi connectivity index (χ0) is 17.7. The summed E-state index contributed by atoms with van der Waals surface area (Å²) in [5.74, 6) is -0.614. The van der Waals surface area contributed by atoms with Crippen LogP contribution >= 0.6 is 0 Å². The van der Waals surface area contributed by atoms with Crippen LogP contribution in [0.15, 0.2) is 48.5 Å². The van der Waals surface area contributed by atoms with Crippen molar-refractivity contribution >= 4 is 29.2 Å². The largest absolute Gasteiger partial charge is 0.351 e. The van der Waals surface area contributed by atoms with Crippen molar-refractivity contribution in [3.05, 3.63) is 59.7 Å². The average Bonchev–Trinajstić information content (AvgIpc) is 2.54. The van der Waals surface area contributed by atoms with Crippen molar-refractivity contribution in [1.29, 1.82) is 0 Å². The molecular formula is C17H18N4O3. The van der Waals surface area contributed by atoms with Crippen LogP contribution in [-0.4, -0.2) is 36.8 Å². The Bertz CT molecular complexity index is 787. The van der Waals surface area contributed by atoms with Crippen molar-refractivity contribution in [2.45, 2.75) is 0 Å². The summed E-state index contributed by atoms with van der Waals surface area (Å²) >= 11 is 0. The van der Waals surface area contributed by atoms with Crippen LogP contribution in [0.25, 0.3) is 0 Å². The fraction of sp³-hybridized carbons (Fsp3) is 0.118. The molecule has 24 heavy (non-hydrogen) atoms. The highest BCUT2D eigenvalue weighted by Gasteiger charge is 2.15. The van der Waals surface area contributed by atoms with Crippen LogP contribution in [0.5, 0.6) is 0 Å². The molecule has 0 radical (unpaired) electrons. The highest BCUT2D eigenvalue weighted by atomic mass is 16.2. The second-order valence-corrected chi connectivity index (χ2v) is 5.27. The Balaban J connectivity index is 2.25. The Morgan fingerprint density at radius 1 is 0.958 bits per heavy atom. The molecule has 0 spiro atoms. The summed E-state index contributed by atoms with van der Waals surface area (Å²) in [6.07, 6.45) is 0. The molecule has 124 valence electrons. The van der Waals surface area contributed by atoms with Gasteiger partial charge in [0.1, 0.15) is 0 Å². The number of nitrogens with two attached hydrogens (primary N) is 1. The van der Waals surface area contributed by atoms with Crippen molar-refractivity contribution in [2.75, 3.05) is 24.7 Å². The molecule has 0 unspecified atom stereocenters. The van der Waals surface area contributed by atoms with E-state index in [1.165, 1.54) is 11.0 Å². The Hall–Kier alpha value is -3.35. The number of carbonyl (C=O) groups excluding carboxylic acids is 3. The first-order valence-electron chi connectivity index (χ1n) is 7.17. The predicted octanol–water partition coefficient (Wildman–Crippen LogP) is 2.13. The number of hydrogen-bond donors (Lipinski definition) is 3. The van der Waals surface area contributed by atoms with E-state index < -0.39 is 11.9 Å². The minimum Gasteiger partial charge on any atom is -0.351 e. The topological polar surface area (TPSA) is 105 Å². The lowest BCUT2D eigenvalue weighted by Crippen LogP contribution is -2.24. The number of nitrogens with one attached hydrogen (secondary N) is 2. The van der Waals surface area contributed by atoms with Crippen LogP contribution in [0.4, 0.5) is 16.2 Å². The summed E-state index contributed by atoms with van der Waals surface area (Å²) in [5.41, 5.74) is 6.60. The van der Waals surface area contributed by atoms with Crippen molar-refractivity contribution in [2.24, 2.45) is 5.73 Å². The van der Waals surface area contributed by atoms with Crippen LogP contribution in [0.2, 0.25) is 0 Å². The monoisotopic (exact) mass is 326 g/mol. The Labute approximate surface area is 139 Å². The summed E-state index contributed by atoms with van der Waals surface area (Å²) in [6.45, 7) is 0. The fourth-order valence-corrected chi connectivity index (χ4v) is 2.09.